The number of nitrogens with one attached hydrogen (secondary N) is 1. The van der Waals surface area contributed by atoms with Crippen molar-refractivity contribution >= 4 is 33.1 Å². The first-order valence-electron chi connectivity index (χ1n) is 5.46. The Bertz CT molecular complexity index is 590. The van der Waals surface area contributed by atoms with E-state index in [1.165, 1.54) is 10.1 Å². The molecule has 0 bridgehead atoms. The molecule has 2 heterocycles. The van der Waals surface area contributed by atoms with Gasteiger partial charge in [-0.3, -0.25) is 4.90 Å². The molecular weight excluding hydrogens is 232 g/mol. The average molecular weight is 244 g/mol. The summed E-state index contributed by atoms with van der Waals surface area (Å²) < 4.78 is 1.24. The Labute approximate surface area is 103 Å². The van der Waals surface area contributed by atoms with Gasteiger partial charge in [-0.15, -0.1) is 17.9 Å². The van der Waals surface area contributed by atoms with Gasteiger partial charge in [-0.1, -0.05) is 6.08 Å². The summed E-state index contributed by atoms with van der Waals surface area (Å²) in [5.74, 6) is 0. The molecule has 2 amide bonds. The molecule has 3 nitrogen and oxygen atoms in total. The number of thiophene rings is 1. The maximum absolute atomic E-state index is 11.8. The van der Waals surface area contributed by atoms with E-state index in [-0.39, 0.29) is 12.1 Å². The predicted molar refractivity (Wildman–Crippen MR) is 71.7 cm³/mol. The highest BCUT2D eigenvalue weighted by Gasteiger charge is 2.27. The number of rotatable bonds is 2. The Morgan fingerprint density at radius 2 is 2.35 bits per heavy atom. The van der Waals surface area contributed by atoms with Gasteiger partial charge in [-0.2, -0.15) is 0 Å². The molecule has 1 aromatic carbocycles. The van der Waals surface area contributed by atoms with Crippen molar-refractivity contribution < 1.29 is 4.79 Å². The van der Waals surface area contributed by atoms with Gasteiger partial charge in [0, 0.05) is 10.4 Å². The highest BCUT2D eigenvalue weighted by Crippen LogP contribution is 2.27. The molecule has 3 rings (SSSR count). The van der Waals surface area contributed by atoms with Crippen LogP contribution in [0.15, 0.2) is 42.3 Å². The van der Waals surface area contributed by atoms with Crippen molar-refractivity contribution in [2.45, 2.75) is 6.04 Å². The summed E-state index contributed by atoms with van der Waals surface area (Å²) in [6.07, 6.45) is 1.76. The third-order valence-corrected chi connectivity index (χ3v) is 3.86. The van der Waals surface area contributed by atoms with Crippen LogP contribution in [0.4, 0.5) is 10.5 Å². The first kappa shape index (κ1) is 10.4. The van der Waals surface area contributed by atoms with Crippen LogP contribution in [0.2, 0.25) is 0 Å². The van der Waals surface area contributed by atoms with Gasteiger partial charge in [0.25, 0.3) is 0 Å². The Hall–Kier alpha value is -1.81. The van der Waals surface area contributed by atoms with E-state index in [1.54, 1.807) is 22.3 Å². The lowest BCUT2D eigenvalue weighted by molar-refractivity contribution is 0.251. The topological polar surface area (TPSA) is 32.3 Å². The first-order valence-corrected chi connectivity index (χ1v) is 6.34. The van der Waals surface area contributed by atoms with Crippen molar-refractivity contribution in [2.24, 2.45) is 0 Å². The number of fused-ring (bicyclic) bond motifs is 1. The van der Waals surface area contributed by atoms with Crippen LogP contribution in [0.1, 0.15) is 0 Å². The summed E-state index contributed by atoms with van der Waals surface area (Å²) in [6.45, 7) is 4.36. The quantitative estimate of drug-likeness (QED) is 0.809. The van der Waals surface area contributed by atoms with Crippen molar-refractivity contribution in [3.05, 3.63) is 42.3 Å². The lowest BCUT2D eigenvalue weighted by atomic mass is 10.2. The molecule has 1 aliphatic heterocycles. The number of amides is 2. The van der Waals surface area contributed by atoms with Crippen molar-refractivity contribution in [3.63, 3.8) is 0 Å². The first-order chi connectivity index (χ1) is 8.28. The fraction of sp³-hybridized carbons (Fsp3) is 0.154. The van der Waals surface area contributed by atoms with Crippen LogP contribution in [-0.2, 0) is 0 Å². The molecule has 1 aliphatic rings. The highest BCUT2D eigenvalue weighted by atomic mass is 32.1. The van der Waals surface area contributed by atoms with Crippen LogP contribution >= 0.6 is 11.3 Å². The summed E-state index contributed by atoms with van der Waals surface area (Å²) in [5.41, 5.74) is 0.942. The van der Waals surface area contributed by atoms with Gasteiger partial charge in [-0.05, 0) is 35.0 Å². The number of anilines is 1. The van der Waals surface area contributed by atoms with E-state index >= 15 is 0 Å². The molecule has 86 valence electrons. The fourth-order valence-electron chi connectivity index (χ4n) is 2.04. The van der Waals surface area contributed by atoms with Crippen LogP contribution in [0.3, 0.4) is 0 Å². The van der Waals surface area contributed by atoms with Crippen LogP contribution in [0.5, 0.6) is 0 Å². The van der Waals surface area contributed by atoms with Gasteiger partial charge < -0.3 is 5.32 Å². The third kappa shape index (κ3) is 1.70. The monoisotopic (exact) mass is 244 g/mol. The number of urea groups is 1. The zero-order valence-electron chi connectivity index (χ0n) is 9.22. The minimum absolute atomic E-state index is 0.0423. The zero-order chi connectivity index (χ0) is 11.8. The second-order valence-electron chi connectivity index (χ2n) is 4.05. The largest absolute Gasteiger partial charge is 0.330 e. The molecule has 0 aliphatic carbocycles. The molecule has 1 saturated heterocycles. The lowest BCUT2D eigenvalue weighted by Crippen LogP contribution is -2.28. The highest BCUT2D eigenvalue weighted by molar-refractivity contribution is 7.17. The molecule has 0 saturated carbocycles. The van der Waals surface area contributed by atoms with Gasteiger partial charge >= 0.3 is 6.03 Å². The average Bonchev–Trinajstić information content (AvgIpc) is 2.93. The number of hydrogen-bond donors (Lipinski definition) is 1. The smallest absolute Gasteiger partial charge is 0.322 e. The van der Waals surface area contributed by atoms with Crippen LogP contribution in [0, 0.1) is 0 Å². The van der Waals surface area contributed by atoms with Crippen LogP contribution in [-0.4, -0.2) is 18.6 Å². The lowest BCUT2D eigenvalue weighted by Gasteiger charge is -2.14. The molecule has 1 fully saturated rings. The van der Waals surface area contributed by atoms with Crippen molar-refractivity contribution in [1.82, 2.24) is 5.32 Å². The van der Waals surface area contributed by atoms with Crippen molar-refractivity contribution in [1.29, 1.82) is 0 Å². The molecule has 17 heavy (non-hydrogen) atoms. The Morgan fingerprint density at radius 1 is 1.47 bits per heavy atom. The second kappa shape index (κ2) is 3.89. The van der Waals surface area contributed by atoms with Gasteiger partial charge in [0.05, 0.1) is 12.6 Å². The number of hydrogen-bond acceptors (Lipinski definition) is 2. The molecular formula is C13H12N2OS. The summed E-state index contributed by atoms with van der Waals surface area (Å²) >= 11 is 1.71. The number of carbonyl (C=O) groups is 1. The second-order valence-corrected chi connectivity index (χ2v) is 4.99. The van der Waals surface area contributed by atoms with E-state index in [4.69, 9.17) is 0 Å². The molecule has 0 radical (unpaired) electrons. The predicted octanol–water partition coefficient (Wildman–Crippen LogP) is 2.99. The Morgan fingerprint density at radius 3 is 3.12 bits per heavy atom. The Balaban J connectivity index is 1.98. The summed E-state index contributed by atoms with van der Waals surface area (Å²) in [7, 11) is 0. The van der Waals surface area contributed by atoms with E-state index in [9.17, 15) is 4.79 Å². The van der Waals surface area contributed by atoms with Gasteiger partial charge in [0.1, 0.15) is 0 Å². The van der Waals surface area contributed by atoms with E-state index in [2.05, 4.69) is 35.5 Å². The van der Waals surface area contributed by atoms with E-state index < -0.39 is 0 Å². The number of carbonyl (C=O) groups excluding carboxylic acids is 1. The molecule has 1 N–H and O–H groups in total. The maximum Gasteiger partial charge on any atom is 0.322 e. The van der Waals surface area contributed by atoms with Gasteiger partial charge in [-0.25, -0.2) is 4.79 Å². The maximum atomic E-state index is 11.8. The van der Waals surface area contributed by atoms with Crippen LogP contribution in [0.25, 0.3) is 10.1 Å². The minimum Gasteiger partial charge on any atom is -0.330 e. The van der Waals surface area contributed by atoms with E-state index in [0.29, 0.717) is 6.54 Å². The van der Waals surface area contributed by atoms with Crippen molar-refractivity contribution in [3.8, 4) is 0 Å². The third-order valence-electron chi connectivity index (χ3n) is 2.97. The number of benzene rings is 1. The van der Waals surface area contributed by atoms with Gasteiger partial charge in [0.2, 0.25) is 0 Å². The van der Waals surface area contributed by atoms with E-state index in [0.717, 1.165) is 5.69 Å². The SMILES string of the molecule is C=C[C@H]1CN(c2ccc3sccc3c2)C(=O)N1. The number of nitrogens with zero attached hydrogens (tertiary/aromatic N) is 1. The molecule has 2 aromatic rings. The summed E-state index contributed by atoms with van der Waals surface area (Å²) in [5, 5.41) is 6.11. The van der Waals surface area contributed by atoms with E-state index in [1.807, 2.05) is 6.07 Å². The standard InChI is InChI=1S/C13H12N2OS/c1-2-10-8-15(13(16)14-10)11-3-4-12-9(7-11)5-6-17-12/h2-7,10H,1,8H2,(H,14,16)/t10-/m0/s1. The normalized spacial score (nSPS) is 19.6. The zero-order valence-corrected chi connectivity index (χ0v) is 10.0. The molecule has 0 spiro atoms. The molecule has 1 aromatic heterocycles. The molecule has 0 unspecified atom stereocenters. The summed E-state index contributed by atoms with van der Waals surface area (Å²) in [4.78, 5) is 13.5. The molecule has 4 heteroatoms. The van der Waals surface area contributed by atoms with Gasteiger partial charge in [0.15, 0.2) is 0 Å². The molecule has 1 atom stereocenters. The Kier molecular flexibility index (Phi) is 2.37. The minimum atomic E-state index is -0.0514. The van der Waals surface area contributed by atoms with Crippen molar-refractivity contribution in [2.75, 3.05) is 11.4 Å². The summed E-state index contributed by atoms with van der Waals surface area (Å²) in [6, 6.07) is 8.16. The fourth-order valence-corrected chi connectivity index (χ4v) is 2.81. The van der Waals surface area contributed by atoms with Crippen LogP contribution < -0.4 is 10.2 Å².